The van der Waals surface area contributed by atoms with Crippen LogP contribution in [-0.2, 0) is 0 Å². The zero-order valence-electron chi connectivity index (χ0n) is 6.40. The van der Waals surface area contributed by atoms with Crippen molar-refractivity contribution in [1.82, 2.24) is 0 Å². The van der Waals surface area contributed by atoms with E-state index < -0.39 is 0 Å². The highest BCUT2D eigenvalue weighted by molar-refractivity contribution is 8.41. The van der Waals surface area contributed by atoms with Gasteiger partial charge in [0, 0.05) is 11.0 Å². The third-order valence-electron chi connectivity index (χ3n) is 1.76. The molecule has 1 nitrogen and oxygen atoms in total. The fraction of sp³-hybridized carbons (Fsp3) is 0.222. The van der Waals surface area contributed by atoms with E-state index in [4.69, 9.17) is 0 Å². The van der Waals surface area contributed by atoms with Crippen LogP contribution in [0.4, 0.5) is 4.79 Å². The lowest BCUT2D eigenvalue weighted by molar-refractivity contribution is 0.277. The van der Waals surface area contributed by atoms with Gasteiger partial charge < -0.3 is 0 Å². The van der Waals surface area contributed by atoms with Crippen molar-refractivity contribution in [3.63, 3.8) is 0 Å². The smallest absolute Gasteiger partial charge is 0.246 e. The van der Waals surface area contributed by atoms with Crippen molar-refractivity contribution in [2.75, 3.05) is 5.75 Å². The van der Waals surface area contributed by atoms with Crippen molar-refractivity contribution in [2.45, 2.75) is 5.25 Å². The lowest BCUT2D eigenvalue weighted by atomic mass is 10.2. The molecule has 0 saturated carbocycles. The molecule has 1 fully saturated rings. The molecule has 0 aliphatic carbocycles. The highest BCUT2D eigenvalue weighted by Gasteiger charge is 2.24. The number of benzene rings is 1. The van der Waals surface area contributed by atoms with E-state index >= 15 is 0 Å². The van der Waals surface area contributed by atoms with Gasteiger partial charge in [-0.2, -0.15) is 0 Å². The average molecular weight is 196 g/mol. The van der Waals surface area contributed by atoms with E-state index in [-0.39, 0.29) is 4.45 Å². The first kappa shape index (κ1) is 8.20. The first-order chi connectivity index (χ1) is 5.86. The molecule has 12 heavy (non-hydrogen) atoms. The molecule has 0 radical (unpaired) electrons. The van der Waals surface area contributed by atoms with Gasteiger partial charge in [0.1, 0.15) is 0 Å². The van der Waals surface area contributed by atoms with Gasteiger partial charge in [0.15, 0.2) is 0 Å². The Kier molecular flexibility index (Phi) is 2.42. The molecular weight excluding hydrogens is 188 g/mol. The second-order valence-corrected chi connectivity index (χ2v) is 5.00. The van der Waals surface area contributed by atoms with Gasteiger partial charge in [-0.05, 0) is 5.56 Å². The van der Waals surface area contributed by atoms with Crippen molar-refractivity contribution >= 4 is 28.0 Å². The predicted octanol–water partition coefficient (Wildman–Crippen LogP) is 3.33. The van der Waals surface area contributed by atoms with Crippen LogP contribution in [0.15, 0.2) is 30.3 Å². The monoisotopic (exact) mass is 196 g/mol. The van der Waals surface area contributed by atoms with Crippen molar-refractivity contribution in [3.8, 4) is 0 Å². The van der Waals surface area contributed by atoms with Gasteiger partial charge in [-0.25, -0.2) is 0 Å². The van der Waals surface area contributed by atoms with Crippen LogP contribution in [0, 0.1) is 0 Å². The molecule has 3 heteroatoms. The molecule has 0 unspecified atom stereocenters. The van der Waals surface area contributed by atoms with Gasteiger partial charge in [0.05, 0.1) is 0 Å². The summed E-state index contributed by atoms with van der Waals surface area (Å²) >= 11 is 2.87. The Morgan fingerprint density at radius 2 is 2.00 bits per heavy atom. The summed E-state index contributed by atoms with van der Waals surface area (Å²) in [6.45, 7) is 0. The SMILES string of the molecule is O=C1SC[C@H](c2ccccc2)S1. The molecule has 0 N–H and O–H groups in total. The van der Waals surface area contributed by atoms with Crippen molar-refractivity contribution in [3.05, 3.63) is 35.9 Å². The third kappa shape index (κ3) is 1.67. The van der Waals surface area contributed by atoms with Gasteiger partial charge >= 0.3 is 0 Å². The van der Waals surface area contributed by atoms with E-state index in [9.17, 15) is 4.79 Å². The number of hydrogen-bond acceptors (Lipinski definition) is 3. The maximum absolute atomic E-state index is 11.0. The lowest BCUT2D eigenvalue weighted by Gasteiger charge is -2.04. The van der Waals surface area contributed by atoms with E-state index in [1.165, 1.54) is 29.1 Å². The zero-order valence-corrected chi connectivity index (χ0v) is 8.03. The largest absolute Gasteiger partial charge is 0.274 e. The Hall–Kier alpha value is -0.410. The van der Waals surface area contributed by atoms with E-state index in [2.05, 4.69) is 12.1 Å². The topological polar surface area (TPSA) is 17.1 Å². The van der Waals surface area contributed by atoms with Gasteiger partial charge in [-0.3, -0.25) is 4.79 Å². The van der Waals surface area contributed by atoms with Gasteiger partial charge in [-0.1, -0.05) is 53.9 Å². The standard InChI is InChI=1S/C9H8OS2/c10-9-11-6-8(12-9)7-4-2-1-3-5-7/h1-5,8H,6H2/t8-/m1/s1. The highest BCUT2D eigenvalue weighted by atomic mass is 32.2. The molecule has 0 bridgehead atoms. The Labute approximate surface area is 79.9 Å². The minimum atomic E-state index is 0.254. The third-order valence-corrected chi connectivity index (χ3v) is 4.27. The second kappa shape index (κ2) is 3.54. The Morgan fingerprint density at radius 3 is 2.58 bits per heavy atom. The Balaban J connectivity index is 2.16. The summed E-state index contributed by atoms with van der Waals surface area (Å²) in [4.78, 5) is 11.0. The molecule has 2 rings (SSSR count). The molecule has 1 atom stereocenters. The van der Waals surface area contributed by atoms with Crippen LogP contribution in [-0.4, -0.2) is 10.2 Å². The fourth-order valence-electron chi connectivity index (χ4n) is 1.16. The summed E-state index contributed by atoms with van der Waals surface area (Å²) in [6, 6.07) is 10.2. The summed E-state index contributed by atoms with van der Waals surface area (Å²) in [6.07, 6.45) is 0. The van der Waals surface area contributed by atoms with Gasteiger partial charge in [0.2, 0.25) is 4.45 Å². The molecule has 0 aromatic heterocycles. The minimum absolute atomic E-state index is 0.254. The maximum atomic E-state index is 11.0. The molecule has 62 valence electrons. The van der Waals surface area contributed by atoms with Crippen LogP contribution in [0.1, 0.15) is 10.8 Å². The molecule has 0 amide bonds. The molecule has 1 aliphatic heterocycles. The molecule has 1 aliphatic rings. The minimum Gasteiger partial charge on any atom is -0.274 e. The average Bonchev–Trinajstić information content (AvgIpc) is 2.54. The molecule has 1 heterocycles. The lowest BCUT2D eigenvalue weighted by Crippen LogP contribution is -1.90. The van der Waals surface area contributed by atoms with Crippen LogP contribution in [0.2, 0.25) is 0 Å². The summed E-state index contributed by atoms with van der Waals surface area (Å²) in [7, 11) is 0. The quantitative estimate of drug-likeness (QED) is 0.686. The molecule has 0 spiro atoms. The first-order valence-electron chi connectivity index (χ1n) is 3.74. The summed E-state index contributed by atoms with van der Waals surface area (Å²) in [5.74, 6) is 0.924. The molecule has 1 saturated heterocycles. The van der Waals surface area contributed by atoms with Gasteiger partial charge in [-0.15, -0.1) is 0 Å². The molecule has 1 aromatic rings. The van der Waals surface area contributed by atoms with Crippen molar-refractivity contribution in [1.29, 1.82) is 0 Å². The predicted molar refractivity (Wildman–Crippen MR) is 54.6 cm³/mol. The number of rotatable bonds is 1. The number of carbonyl (C=O) groups excluding carboxylic acids is 1. The molecule has 1 aromatic carbocycles. The van der Waals surface area contributed by atoms with E-state index in [0.717, 1.165) is 5.75 Å². The fourth-order valence-corrected chi connectivity index (χ4v) is 3.47. The second-order valence-electron chi connectivity index (χ2n) is 2.58. The Morgan fingerprint density at radius 1 is 1.25 bits per heavy atom. The number of thioether (sulfide) groups is 2. The van der Waals surface area contributed by atoms with Crippen LogP contribution in [0.3, 0.4) is 0 Å². The maximum Gasteiger partial charge on any atom is 0.246 e. The number of carbonyl (C=O) groups is 1. The molecular formula is C9H8OS2. The summed E-state index contributed by atoms with van der Waals surface area (Å²) < 4.78 is 0.254. The van der Waals surface area contributed by atoms with Crippen molar-refractivity contribution in [2.24, 2.45) is 0 Å². The van der Waals surface area contributed by atoms with Gasteiger partial charge in [0.25, 0.3) is 0 Å². The summed E-state index contributed by atoms with van der Waals surface area (Å²) in [5.41, 5.74) is 1.26. The Bertz CT molecular complexity index is 284. The van der Waals surface area contributed by atoms with E-state index in [0.29, 0.717) is 5.25 Å². The van der Waals surface area contributed by atoms with Crippen LogP contribution >= 0.6 is 23.5 Å². The zero-order chi connectivity index (χ0) is 8.39. The van der Waals surface area contributed by atoms with E-state index in [1.54, 1.807) is 0 Å². The van der Waals surface area contributed by atoms with E-state index in [1.807, 2.05) is 18.2 Å². The first-order valence-corrected chi connectivity index (χ1v) is 5.61. The van der Waals surface area contributed by atoms with Crippen LogP contribution in [0.25, 0.3) is 0 Å². The van der Waals surface area contributed by atoms with Crippen LogP contribution < -0.4 is 0 Å². The number of hydrogen-bond donors (Lipinski definition) is 0. The highest BCUT2D eigenvalue weighted by Crippen LogP contribution is 2.42. The van der Waals surface area contributed by atoms with Crippen molar-refractivity contribution < 1.29 is 4.79 Å². The summed E-state index contributed by atoms with van der Waals surface area (Å²) in [5, 5.41) is 0.378. The normalized spacial score (nSPS) is 23.0. The van der Waals surface area contributed by atoms with Crippen LogP contribution in [0.5, 0.6) is 0 Å².